The van der Waals surface area contributed by atoms with Crippen LogP contribution in [0.2, 0.25) is 0 Å². The van der Waals surface area contributed by atoms with E-state index in [1.807, 2.05) is 36.4 Å². The van der Waals surface area contributed by atoms with Gasteiger partial charge in [-0.3, -0.25) is 9.69 Å². The SMILES string of the molecule is O=C(NC(c1ccc2c(c1)OCCO2)C1CC1)c1cccc(CN2CCOCC2)c1. The molecule has 0 spiro atoms. The molecule has 2 aromatic rings. The fourth-order valence-electron chi connectivity index (χ4n) is 4.21. The maximum atomic E-state index is 13.1. The van der Waals surface area contributed by atoms with Crippen LogP contribution >= 0.6 is 0 Å². The van der Waals surface area contributed by atoms with E-state index in [0.717, 1.165) is 68.3 Å². The summed E-state index contributed by atoms with van der Waals surface area (Å²) in [6.07, 6.45) is 2.27. The van der Waals surface area contributed by atoms with Crippen molar-refractivity contribution >= 4 is 5.91 Å². The summed E-state index contributed by atoms with van der Waals surface area (Å²) in [7, 11) is 0. The zero-order valence-electron chi connectivity index (χ0n) is 17.1. The minimum absolute atomic E-state index is 0.00349. The van der Waals surface area contributed by atoms with Crippen LogP contribution < -0.4 is 14.8 Å². The molecular formula is C24H28N2O4. The molecule has 2 aromatic carbocycles. The molecule has 0 aromatic heterocycles. The quantitative estimate of drug-likeness (QED) is 0.796. The molecule has 2 heterocycles. The van der Waals surface area contributed by atoms with Gasteiger partial charge in [-0.25, -0.2) is 0 Å². The Bertz CT molecular complexity index is 906. The highest BCUT2D eigenvalue weighted by atomic mass is 16.6. The average Bonchev–Trinajstić information content (AvgIpc) is 3.63. The van der Waals surface area contributed by atoms with Crippen LogP contribution in [0.5, 0.6) is 11.5 Å². The Morgan fingerprint density at radius 1 is 1.00 bits per heavy atom. The standard InChI is InChI=1S/C24H28N2O4/c27-24(20-3-1-2-17(14-20)16-26-8-10-28-11-9-26)25-23(18-4-5-18)19-6-7-21-22(15-19)30-13-12-29-21/h1-3,6-7,14-15,18,23H,4-5,8-13,16H2,(H,25,27). The first-order valence-corrected chi connectivity index (χ1v) is 10.9. The minimum atomic E-state index is -0.0226. The van der Waals surface area contributed by atoms with Gasteiger partial charge in [0.15, 0.2) is 11.5 Å². The summed E-state index contributed by atoms with van der Waals surface area (Å²) >= 11 is 0. The monoisotopic (exact) mass is 408 g/mol. The highest BCUT2D eigenvalue weighted by Gasteiger charge is 2.34. The molecule has 2 fully saturated rings. The molecule has 6 nitrogen and oxygen atoms in total. The van der Waals surface area contributed by atoms with Crippen molar-refractivity contribution in [2.75, 3.05) is 39.5 Å². The lowest BCUT2D eigenvalue weighted by molar-refractivity contribution is 0.0342. The second kappa shape index (κ2) is 8.66. The highest BCUT2D eigenvalue weighted by molar-refractivity contribution is 5.94. The molecule has 5 rings (SSSR count). The van der Waals surface area contributed by atoms with Crippen molar-refractivity contribution in [3.63, 3.8) is 0 Å². The van der Waals surface area contributed by atoms with E-state index in [0.29, 0.717) is 24.7 Å². The lowest BCUT2D eigenvalue weighted by Crippen LogP contribution is -2.35. The van der Waals surface area contributed by atoms with Crippen molar-refractivity contribution < 1.29 is 19.0 Å². The molecule has 1 N–H and O–H groups in total. The van der Waals surface area contributed by atoms with Gasteiger partial charge in [0.05, 0.1) is 19.3 Å². The van der Waals surface area contributed by atoms with Crippen LogP contribution in [-0.4, -0.2) is 50.3 Å². The van der Waals surface area contributed by atoms with Gasteiger partial charge in [0.2, 0.25) is 0 Å². The van der Waals surface area contributed by atoms with Crippen molar-refractivity contribution in [2.45, 2.75) is 25.4 Å². The van der Waals surface area contributed by atoms with Crippen molar-refractivity contribution in [1.29, 1.82) is 0 Å². The van der Waals surface area contributed by atoms with E-state index in [1.165, 1.54) is 0 Å². The van der Waals surface area contributed by atoms with Gasteiger partial charge in [0, 0.05) is 25.2 Å². The Kier molecular flexibility index (Phi) is 5.60. The van der Waals surface area contributed by atoms with Crippen molar-refractivity contribution in [3.8, 4) is 11.5 Å². The molecule has 158 valence electrons. The minimum Gasteiger partial charge on any atom is -0.486 e. The Hall–Kier alpha value is -2.57. The summed E-state index contributed by atoms with van der Waals surface area (Å²) in [6.45, 7) is 5.41. The summed E-state index contributed by atoms with van der Waals surface area (Å²) < 4.78 is 16.8. The third kappa shape index (κ3) is 4.45. The van der Waals surface area contributed by atoms with Crippen LogP contribution in [0.4, 0.5) is 0 Å². The summed E-state index contributed by atoms with van der Waals surface area (Å²) in [4.78, 5) is 15.5. The molecule has 1 amide bonds. The molecular weight excluding hydrogens is 380 g/mol. The normalized spacial score (nSPS) is 19.9. The number of hydrogen-bond donors (Lipinski definition) is 1. The van der Waals surface area contributed by atoms with Gasteiger partial charge in [-0.15, -0.1) is 0 Å². The molecule has 0 bridgehead atoms. The van der Waals surface area contributed by atoms with E-state index >= 15 is 0 Å². The molecule has 0 radical (unpaired) electrons. The first-order chi connectivity index (χ1) is 14.8. The molecule has 1 saturated heterocycles. The number of nitrogens with one attached hydrogen (secondary N) is 1. The highest BCUT2D eigenvalue weighted by Crippen LogP contribution is 2.43. The van der Waals surface area contributed by atoms with Crippen LogP contribution in [0, 0.1) is 5.92 Å². The van der Waals surface area contributed by atoms with Gasteiger partial charge in [-0.2, -0.15) is 0 Å². The zero-order chi connectivity index (χ0) is 20.3. The molecule has 1 saturated carbocycles. The van der Waals surface area contributed by atoms with Crippen molar-refractivity contribution in [2.24, 2.45) is 5.92 Å². The third-order valence-electron chi connectivity index (χ3n) is 6.00. The van der Waals surface area contributed by atoms with Crippen molar-refractivity contribution in [1.82, 2.24) is 10.2 Å². The lowest BCUT2D eigenvalue weighted by atomic mass is 10.0. The number of rotatable bonds is 6. The summed E-state index contributed by atoms with van der Waals surface area (Å²) in [5.41, 5.74) is 2.95. The largest absolute Gasteiger partial charge is 0.486 e. The third-order valence-corrected chi connectivity index (χ3v) is 6.00. The van der Waals surface area contributed by atoms with E-state index in [2.05, 4.69) is 16.3 Å². The number of benzene rings is 2. The van der Waals surface area contributed by atoms with Gasteiger partial charge < -0.3 is 19.5 Å². The van der Waals surface area contributed by atoms with Crippen LogP contribution in [0.1, 0.15) is 40.4 Å². The molecule has 1 unspecified atom stereocenters. The fourth-order valence-corrected chi connectivity index (χ4v) is 4.21. The van der Waals surface area contributed by atoms with Crippen LogP contribution in [0.15, 0.2) is 42.5 Å². The number of morpholine rings is 1. The van der Waals surface area contributed by atoms with E-state index in [-0.39, 0.29) is 11.9 Å². The first kappa shape index (κ1) is 19.4. The number of carbonyl (C=O) groups is 1. The summed E-state index contributed by atoms with van der Waals surface area (Å²) in [6, 6.07) is 14.0. The summed E-state index contributed by atoms with van der Waals surface area (Å²) in [5.74, 6) is 2.01. The van der Waals surface area contributed by atoms with Crippen LogP contribution in [-0.2, 0) is 11.3 Å². The Labute approximate surface area is 177 Å². The Morgan fingerprint density at radius 2 is 1.80 bits per heavy atom. The average molecular weight is 408 g/mol. The molecule has 1 aliphatic carbocycles. The number of amides is 1. The van der Waals surface area contributed by atoms with Gasteiger partial charge in [0.25, 0.3) is 5.91 Å². The van der Waals surface area contributed by atoms with Gasteiger partial charge in [-0.05, 0) is 54.2 Å². The number of nitrogens with zero attached hydrogens (tertiary/aromatic N) is 1. The van der Waals surface area contributed by atoms with Crippen LogP contribution in [0.25, 0.3) is 0 Å². The predicted octanol–water partition coefficient (Wildman–Crippen LogP) is 3.17. The summed E-state index contributed by atoms with van der Waals surface area (Å²) in [5, 5.41) is 3.28. The second-order valence-corrected chi connectivity index (χ2v) is 8.28. The van der Waals surface area contributed by atoms with E-state index in [1.54, 1.807) is 0 Å². The zero-order valence-corrected chi connectivity index (χ0v) is 17.1. The maximum Gasteiger partial charge on any atom is 0.251 e. The van der Waals surface area contributed by atoms with Gasteiger partial charge in [-0.1, -0.05) is 18.2 Å². The molecule has 2 aliphatic heterocycles. The smallest absolute Gasteiger partial charge is 0.251 e. The van der Waals surface area contributed by atoms with Crippen molar-refractivity contribution in [3.05, 3.63) is 59.2 Å². The van der Waals surface area contributed by atoms with Gasteiger partial charge >= 0.3 is 0 Å². The van der Waals surface area contributed by atoms with E-state index in [4.69, 9.17) is 14.2 Å². The topological polar surface area (TPSA) is 60.0 Å². The van der Waals surface area contributed by atoms with Gasteiger partial charge in [0.1, 0.15) is 13.2 Å². The molecule has 6 heteroatoms. The lowest BCUT2D eigenvalue weighted by Gasteiger charge is -2.26. The van der Waals surface area contributed by atoms with E-state index in [9.17, 15) is 4.79 Å². The Balaban J connectivity index is 1.30. The molecule has 3 aliphatic rings. The predicted molar refractivity (Wildman–Crippen MR) is 113 cm³/mol. The first-order valence-electron chi connectivity index (χ1n) is 10.9. The second-order valence-electron chi connectivity index (χ2n) is 8.28. The molecule has 1 atom stereocenters. The number of carbonyl (C=O) groups excluding carboxylic acids is 1. The Morgan fingerprint density at radius 3 is 2.60 bits per heavy atom. The number of hydrogen-bond acceptors (Lipinski definition) is 5. The number of ether oxygens (including phenoxy) is 3. The molecule has 30 heavy (non-hydrogen) atoms. The maximum absolute atomic E-state index is 13.1. The van der Waals surface area contributed by atoms with E-state index < -0.39 is 0 Å². The van der Waals surface area contributed by atoms with Crippen LogP contribution in [0.3, 0.4) is 0 Å². The fraction of sp³-hybridized carbons (Fsp3) is 0.458. The number of fused-ring (bicyclic) bond motifs is 1.